The largest absolute Gasteiger partial charge is 0.497 e. The molecule has 1 fully saturated rings. The van der Waals surface area contributed by atoms with Gasteiger partial charge < -0.3 is 15.0 Å². The summed E-state index contributed by atoms with van der Waals surface area (Å²) >= 11 is 0. The first kappa shape index (κ1) is 13.4. The molecule has 3 heteroatoms. The van der Waals surface area contributed by atoms with Crippen molar-refractivity contribution in [2.24, 2.45) is 5.92 Å². The van der Waals surface area contributed by atoms with Crippen molar-refractivity contribution in [3.8, 4) is 5.75 Å². The van der Waals surface area contributed by atoms with Gasteiger partial charge in [-0.3, -0.25) is 0 Å². The number of likely N-dealkylation sites (N-methyl/N-ethyl adjacent to an activating group) is 1. The standard InChI is InChI=1S/C15H24N2O/c1-17(9-8-16-11-13-6-7-13)12-14-4-3-5-15(10-14)18-2/h3-5,10,13,16H,6-9,11-12H2,1-2H3. The summed E-state index contributed by atoms with van der Waals surface area (Å²) in [5.74, 6) is 1.90. The van der Waals surface area contributed by atoms with Gasteiger partial charge in [0.1, 0.15) is 5.75 Å². The number of ether oxygens (including phenoxy) is 1. The number of nitrogens with one attached hydrogen (secondary N) is 1. The lowest BCUT2D eigenvalue weighted by atomic mass is 10.2. The van der Waals surface area contributed by atoms with Crippen LogP contribution in [0.2, 0.25) is 0 Å². The van der Waals surface area contributed by atoms with E-state index in [2.05, 4.69) is 29.4 Å². The summed E-state index contributed by atoms with van der Waals surface area (Å²) in [6, 6.07) is 8.29. The summed E-state index contributed by atoms with van der Waals surface area (Å²) in [6.07, 6.45) is 2.85. The third kappa shape index (κ3) is 4.67. The lowest BCUT2D eigenvalue weighted by molar-refractivity contribution is 0.323. The highest BCUT2D eigenvalue weighted by molar-refractivity contribution is 5.28. The summed E-state index contributed by atoms with van der Waals surface area (Å²) in [6.45, 7) is 4.34. The smallest absolute Gasteiger partial charge is 0.119 e. The molecule has 1 aromatic carbocycles. The van der Waals surface area contributed by atoms with Crippen LogP contribution in [0, 0.1) is 5.92 Å². The van der Waals surface area contributed by atoms with Crippen LogP contribution in [0.3, 0.4) is 0 Å². The van der Waals surface area contributed by atoms with E-state index in [0.29, 0.717) is 0 Å². The number of methoxy groups -OCH3 is 1. The van der Waals surface area contributed by atoms with Crippen LogP contribution in [0.1, 0.15) is 18.4 Å². The first-order chi connectivity index (χ1) is 8.78. The topological polar surface area (TPSA) is 24.5 Å². The molecule has 100 valence electrons. The minimum atomic E-state index is 0.938. The van der Waals surface area contributed by atoms with E-state index in [1.807, 2.05) is 12.1 Å². The maximum absolute atomic E-state index is 5.24. The van der Waals surface area contributed by atoms with Gasteiger partial charge >= 0.3 is 0 Å². The molecular formula is C15H24N2O. The zero-order valence-corrected chi connectivity index (χ0v) is 11.5. The van der Waals surface area contributed by atoms with Gasteiger partial charge in [-0.05, 0) is 50.0 Å². The highest BCUT2D eigenvalue weighted by Crippen LogP contribution is 2.27. The number of benzene rings is 1. The third-order valence-electron chi connectivity index (χ3n) is 3.39. The second kappa shape index (κ2) is 6.76. The van der Waals surface area contributed by atoms with E-state index in [0.717, 1.165) is 31.3 Å². The molecule has 1 aliphatic rings. The van der Waals surface area contributed by atoms with Gasteiger partial charge in [-0.2, -0.15) is 0 Å². The van der Waals surface area contributed by atoms with Crippen molar-refractivity contribution >= 4 is 0 Å². The quantitative estimate of drug-likeness (QED) is 0.713. The van der Waals surface area contributed by atoms with Crippen molar-refractivity contribution < 1.29 is 4.74 Å². The van der Waals surface area contributed by atoms with Crippen molar-refractivity contribution in [2.75, 3.05) is 33.8 Å². The third-order valence-corrected chi connectivity index (χ3v) is 3.39. The molecule has 0 unspecified atom stereocenters. The fourth-order valence-electron chi connectivity index (χ4n) is 2.06. The Balaban J connectivity index is 1.66. The van der Waals surface area contributed by atoms with Crippen LogP contribution in [0.15, 0.2) is 24.3 Å². The Kier molecular flexibility index (Phi) is 5.02. The van der Waals surface area contributed by atoms with Gasteiger partial charge in [0, 0.05) is 19.6 Å². The van der Waals surface area contributed by atoms with E-state index < -0.39 is 0 Å². The molecule has 0 radical (unpaired) electrons. The van der Waals surface area contributed by atoms with Crippen molar-refractivity contribution in [1.29, 1.82) is 0 Å². The lowest BCUT2D eigenvalue weighted by Gasteiger charge is -2.17. The fourth-order valence-corrected chi connectivity index (χ4v) is 2.06. The molecule has 1 N–H and O–H groups in total. The Morgan fingerprint density at radius 1 is 1.39 bits per heavy atom. The fraction of sp³-hybridized carbons (Fsp3) is 0.600. The van der Waals surface area contributed by atoms with Crippen molar-refractivity contribution in [3.63, 3.8) is 0 Å². The second-order valence-electron chi connectivity index (χ2n) is 5.24. The number of hydrogen-bond donors (Lipinski definition) is 1. The van der Waals surface area contributed by atoms with E-state index in [4.69, 9.17) is 4.74 Å². The van der Waals surface area contributed by atoms with Crippen LogP contribution in [0.4, 0.5) is 0 Å². The van der Waals surface area contributed by atoms with E-state index in [1.54, 1.807) is 7.11 Å². The molecule has 0 heterocycles. The molecular weight excluding hydrogens is 224 g/mol. The van der Waals surface area contributed by atoms with E-state index >= 15 is 0 Å². The molecule has 18 heavy (non-hydrogen) atoms. The molecule has 0 atom stereocenters. The number of hydrogen-bond acceptors (Lipinski definition) is 3. The lowest BCUT2D eigenvalue weighted by Crippen LogP contribution is -2.30. The SMILES string of the molecule is COc1cccc(CN(C)CCNCC2CC2)c1. The predicted molar refractivity (Wildman–Crippen MR) is 74.9 cm³/mol. The zero-order valence-electron chi connectivity index (χ0n) is 11.5. The highest BCUT2D eigenvalue weighted by Gasteiger charge is 2.19. The summed E-state index contributed by atoms with van der Waals surface area (Å²) in [4.78, 5) is 2.34. The Morgan fingerprint density at radius 2 is 2.22 bits per heavy atom. The van der Waals surface area contributed by atoms with Crippen molar-refractivity contribution in [1.82, 2.24) is 10.2 Å². The molecule has 3 nitrogen and oxygen atoms in total. The van der Waals surface area contributed by atoms with Gasteiger partial charge in [-0.15, -0.1) is 0 Å². The molecule has 0 saturated heterocycles. The molecule has 1 aromatic rings. The highest BCUT2D eigenvalue weighted by atomic mass is 16.5. The first-order valence-corrected chi connectivity index (χ1v) is 6.80. The van der Waals surface area contributed by atoms with Gasteiger partial charge in [0.15, 0.2) is 0 Å². The predicted octanol–water partition coefficient (Wildman–Crippen LogP) is 2.13. The number of nitrogens with zero attached hydrogens (tertiary/aromatic N) is 1. The first-order valence-electron chi connectivity index (χ1n) is 6.80. The second-order valence-corrected chi connectivity index (χ2v) is 5.24. The van der Waals surface area contributed by atoms with E-state index in [-0.39, 0.29) is 0 Å². The minimum absolute atomic E-state index is 0.938. The number of rotatable bonds is 8. The molecule has 0 spiro atoms. The molecule has 0 aromatic heterocycles. The van der Waals surface area contributed by atoms with Gasteiger partial charge in [-0.25, -0.2) is 0 Å². The van der Waals surface area contributed by atoms with E-state index in [1.165, 1.54) is 24.9 Å². The average Bonchev–Trinajstić information content (AvgIpc) is 3.19. The van der Waals surface area contributed by atoms with Crippen LogP contribution in [0.5, 0.6) is 5.75 Å². The van der Waals surface area contributed by atoms with Crippen molar-refractivity contribution in [2.45, 2.75) is 19.4 Å². The monoisotopic (exact) mass is 248 g/mol. The Labute approximate surface area is 110 Å². The maximum atomic E-state index is 5.24. The van der Waals surface area contributed by atoms with Crippen LogP contribution in [0.25, 0.3) is 0 Å². The summed E-state index contributed by atoms with van der Waals surface area (Å²) in [7, 11) is 3.88. The summed E-state index contributed by atoms with van der Waals surface area (Å²) in [5.41, 5.74) is 1.30. The molecule has 1 aliphatic carbocycles. The van der Waals surface area contributed by atoms with Gasteiger partial charge in [0.05, 0.1) is 7.11 Å². The average molecular weight is 248 g/mol. The Morgan fingerprint density at radius 3 is 2.94 bits per heavy atom. The van der Waals surface area contributed by atoms with E-state index in [9.17, 15) is 0 Å². The van der Waals surface area contributed by atoms with Crippen molar-refractivity contribution in [3.05, 3.63) is 29.8 Å². The van der Waals surface area contributed by atoms with Crippen LogP contribution < -0.4 is 10.1 Å². The summed E-state index contributed by atoms with van der Waals surface area (Å²) in [5, 5.41) is 3.52. The molecule has 2 rings (SSSR count). The Hall–Kier alpha value is -1.06. The van der Waals surface area contributed by atoms with Crippen LogP contribution >= 0.6 is 0 Å². The normalized spacial score (nSPS) is 15.1. The molecule has 0 bridgehead atoms. The van der Waals surface area contributed by atoms with Gasteiger partial charge in [0.2, 0.25) is 0 Å². The summed E-state index contributed by atoms with van der Waals surface area (Å²) < 4.78 is 5.24. The van der Waals surface area contributed by atoms with Crippen LogP contribution in [-0.4, -0.2) is 38.7 Å². The molecule has 0 amide bonds. The molecule has 0 aliphatic heterocycles. The minimum Gasteiger partial charge on any atom is -0.497 e. The molecule has 1 saturated carbocycles. The zero-order chi connectivity index (χ0) is 12.8. The van der Waals surface area contributed by atoms with Gasteiger partial charge in [-0.1, -0.05) is 12.1 Å². The van der Waals surface area contributed by atoms with Gasteiger partial charge in [0.25, 0.3) is 0 Å². The maximum Gasteiger partial charge on any atom is 0.119 e. The van der Waals surface area contributed by atoms with Crippen LogP contribution in [-0.2, 0) is 6.54 Å². The Bertz CT molecular complexity index is 363.